The summed E-state index contributed by atoms with van der Waals surface area (Å²) in [6.07, 6.45) is 1.67. The van der Waals surface area contributed by atoms with Gasteiger partial charge in [-0.15, -0.1) is 6.58 Å². The van der Waals surface area contributed by atoms with Gasteiger partial charge in [-0.05, 0) is 6.92 Å². The van der Waals surface area contributed by atoms with E-state index in [2.05, 4.69) is 6.58 Å². The molecule has 0 spiro atoms. The van der Waals surface area contributed by atoms with Crippen LogP contribution in [0.4, 0.5) is 8.78 Å². The van der Waals surface area contributed by atoms with Crippen molar-refractivity contribution in [2.24, 2.45) is 0 Å². The van der Waals surface area contributed by atoms with Gasteiger partial charge in [0.2, 0.25) is 0 Å². The molecule has 0 bridgehead atoms. The first kappa shape index (κ1) is 10.6. The Balaban J connectivity index is 2.59. The van der Waals surface area contributed by atoms with E-state index in [4.69, 9.17) is 4.74 Å². The second kappa shape index (κ2) is 4.15. The summed E-state index contributed by atoms with van der Waals surface area (Å²) in [5.41, 5.74) is 0. The molecule has 1 saturated heterocycles. The molecule has 0 saturated carbocycles. The number of hydrogen-bond acceptors (Lipinski definition) is 2. The predicted octanol–water partition coefficient (Wildman–Crippen LogP) is 1.53. The predicted molar refractivity (Wildman–Crippen MR) is 47.0 cm³/mol. The van der Waals surface area contributed by atoms with E-state index in [0.29, 0.717) is 13.2 Å². The van der Waals surface area contributed by atoms with Crippen LogP contribution in [0.3, 0.4) is 0 Å². The van der Waals surface area contributed by atoms with Gasteiger partial charge in [0, 0.05) is 12.6 Å². The van der Waals surface area contributed by atoms with Crippen LogP contribution in [0.1, 0.15) is 6.92 Å². The van der Waals surface area contributed by atoms with Gasteiger partial charge < -0.3 is 4.74 Å². The standard InChI is InChI=1S/C9H15F2NO/c1-3-8(2)12-4-5-13-7-9(10,11)6-12/h3,8H,1,4-7H2,2H3. The van der Waals surface area contributed by atoms with E-state index in [9.17, 15) is 8.78 Å². The summed E-state index contributed by atoms with van der Waals surface area (Å²) in [6, 6.07) is -0.0208. The van der Waals surface area contributed by atoms with Gasteiger partial charge in [-0.1, -0.05) is 6.08 Å². The van der Waals surface area contributed by atoms with Crippen LogP contribution >= 0.6 is 0 Å². The zero-order valence-electron chi connectivity index (χ0n) is 7.80. The average Bonchev–Trinajstić information content (AvgIpc) is 2.25. The van der Waals surface area contributed by atoms with Crippen molar-refractivity contribution >= 4 is 0 Å². The molecule has 0 aromatic carbocycles. The van der Waals surface area contributed by atoms with E-state index >= 15 is 0 Å². The smallest absolute Gasteiger partial charge is 0.283 e. The summed E-state index contributed by atoms with van der Waals surface area (Å²) < 4.78 is 30.8. The minimum Gasteiger partial charge on any atom is -0.374 e. The summed E-state index contributed by atoms with van der Waals surface area (Å²) >= 11 is 0. The molecule has 1 unspecified atom stereocenters. The maximum Gasteiger partial charge on any atom is 0.283 e. The maximum absolute atomic E-state index is 13.0. The van der Waals surface area contributed by atoms with E-state index < -0.39 is 12.5 Å². The van der Waals surface area contributed by atoms with Gasteiger partial charge in [-0.25, -0.2) is 8.78 Å². The van der Waals surface area contributed by atoms with Crippen LogP contribution in [-0.2, 0) is 4.74 Å². The SMILES string of the molecule is C=CC(C)N1CCOCC(F)(F)C1. The highest BCUT2D eigenvalue weighted by Gasteiger charge is 2.35. The summed E-state index contributed by atoms with van der Waals surface area (Å²) in [5, 5.41) is 0. The molecule has 1 fully saturated rings. The fourth-order valence-corrected chi connectivity index (χ4v) is 1.32. The monoisotopic (exact) mass is 191 g/mol. The Morgan fingerprint density at radius 2 is 2.31 bits per heavy atom. The minimum absolute atomic E-state index is 0.0208. The van der Waals surface area contributed by atoms with Gasteiger partial charge in [0.05, 0.1) is 13.2 Å². The molecule has 0 N–H and O–H groups in total. The third kappa shape index (κ3) is 3.04. The molecule has 1 aliphatic rings. The van der Waals surface area contributed by atoms with Crippen LogP contribution in [-0.4, -0.2) is 43.2 Å². The Bertz CT molecular complexity index is 184. The second-order valence-corrected chi connectivity index (χ2v) is 3.36. The van der Waals surface area contributed by atoms with Crippen LogP contribution in [0.25, 0.3) is 0 Å². The van der Waals surface area contributed by atoms with E-state index in [1.807, 2.05) is 6.92 Å². The second-order valence-electron chi connectivity index (χ2n) is 3.36. The molecule has 4 heteroatoms. The molecule has 0 radical (unpaired) electrons. The maximum atomic E-state index is 13.0. The Morgan fingerprint density at radius 3 is 2.92 bits per heavy atom. The van der Waals surface area contributed by atoms with Crippen LogP contribution in [0.5, 0.6) is 0 Å². The topological polar surface area (TPSA) is 12.5 Å². The molecule has 1 aliphatic heterocycles. The van der Waals surface area contributed by atoms with Gasteiger partial charge in [0.15, 0.2) is 0 Å². The van der Waals surface area contributed by atoms with Crippen molar-refractivity contribution in [3.63, 3.8) is 0 Å². The Kier molecular flexibility index (Phi) is 3.39. The zero-order valence-corrected chi connectivity index (χ0v) is 7.80. The largest absolute Gasteiger partial charge is 0.374 e. The van der Waals surface area contributed by atoms with Crippen molar-refractivity contribution in [1.82, 2.24) is 4.90 Å². The van der Waals surface area contributed by atoms with Crippen molar-refractivity contribution in [2.45, 2.75) is 18.9 Å². The van der Waals surface area contributed by atoms with Crippen LogP contribution < -0.4 is 0 Å². The van der Waals surface area contributed by atoms with E-state index in [0.717, 1.165) is 0 Å². The van der Waals surface area contributed by atoms with E-state index in [1.165, 1.54) is 0 Å². The molecule has 1 heterocycles. The number of halogens is 2. The number of nitrogens with zero attached hydrogens (tertiary/aromatic N) is 1. The highest BCUT2D eigenvalue weighted by atomic mass is 19.3. The summed E-state index contributed by atoms with van der Waals surface area (Å²) in [7, 11) is 0. The highest BCUT2D eigenvalue weighted by Crippen LogP contribution is 2.19. The van der Waals surface area contributed by atoms with Crippen molar-refractivity contribution in [2.75, 3.05) is 26.3 Å². The number of ether oxygens (including phenoxy) is 1. The third-order valence-corrected chi connectivity index (χ3v) is 2.19. The van der Waals surface area contributed by atoms with Crippen LogP contribution in [0.15, 0.2) is 12.7 Å². The van der Waals surface area contributed by atoms with E-state index in [1.54, 1.807) is 11.0 Å². The molecular weight excluding hydrogens is 176 g/mol. The Morgan fingerprint density at radius 1 is 1.62 bits per heavy atom. The van der Waals surface area contributed by atoms with Crippen LogP contribution in [0.2, 0.25) is 0 Å². The molecule has 0 aliphatic carbocycles. The lowest BCUT2D eigenvalue weighted by atomic mass is 10.2. The van der Waals surface area contributed by atoms with Gasteiger partial charge in [0.1, 0.15) is 6.61 Å². The van der Waals surface area contributed by atoms with Gasteiger partial charge >= 0.3 is 0 Å². The highest BCUT2D eigenvalue weighted by molar-refractivity contribution is 4.87. The van der Waals surface area contributed by atoms with E-state index in [-0.39, 0.29) is 12.6 Å². The zero-order chi connectivity index (χ0) is 9.90. The molecule has 0 aromatic rings. The quantitative estimate of drug-likeness (QED) is 0.614. The molecule has 13 heavy (non-hydrogen) atoms. The van der Waals surface area contributed by atoms with Gasteiger partial charge in [0.25, 0.3) is 5.92 Å². The van der Waals surface area contributed by atoms with Crippen molar-refractivity contribution in [3.8, 4) is 0 Å². The molecule has 1 rings (SSSR count). The first-order valence-corrected chi connectivity index (χ1v) is 4.37. The lowest BCUT2D eigenvalue weighted by Crippen LogP contribution is -2.41. The van der Waals surface area contributed by atoms with Crippen molar-refractivity contribution in [1.29, 1.82) is 0 Å². The third-order valence-electron chi connectivity index (χ3n) is 2.19. The normalized spacial score (nSPS) is 26.4. The lowest BCUT2D eigenvalue weighted by molar-refractivity contribution is -0.0698. The summed E-state index contributed by atoms with van der Waals surface area (Å²) in [6.45, 7) is 5.65. The molecular formula is C9H15F2NO. The lowest BCUT2D eigenvalue weighted by Gasteiger charge is -2.26. The first-order chi connectivity index (χ1) is 6.05. The molecule has 0 amide bonds. The number of alkyl halides is 2. The fraction of sp³-hybridized carbons (Fsp3) is 0.778. The minimum atomic E-state index is -2.73. The summed E-state index contributed by atoms with van der Waals surface area (Å²) in [5.74, 6) is -2.73. The summed E-state index contributed by atoms with van der Waals surface area (Å²) in [4.78, 5) is 1.68. The fourth-order valence-electron chi connectivity index (χ4n) is 1.32. The molecule has 0 aromatic heterocycles. The molecule has 76 valence electrons. The van der Waals surface area contributed by atoms with Crippen molar-refractivity contribution in [3.05, 3.63) is 12.7 Å². The van der Waals surface area contributed by atoms with Gasteiger partial charge in [-0.2, -0.15) is 0 Å². The van der Waals surface area contributed by atoms with Crippen molar-refractivity contribution < 1.29 is 13.5 Å². The Labute approximate surface area is 77.2 Å². The van der Waals surface area contributed by atoms with Gasteiger partial charge in [-0.3, -0.25) is 4.90 Å². The number of hydrogen-bond donors (Lipinski definition) is 0. The first-order valence-electron chi connectivity index (χ1n) is 4.37. The van der Waals surface area contributed by atoms with Crippen LogP contribution in [0, 0.1) is 0 Å². The number of rotatable bonds is 2. The molecule has 1 atom stereocenters. The average molecular weight is 191 g/mol. The molecule has 2 nitrogen and oxygen atoms in total. The Hall–Kier alpha value is -0.480.